The third-order valence-corrected chi connectivity index (χ3v) is 3.90. The molecule has 2 saturated heterocycles. The average molecular weight is 233 g/mol. The van der Waals surface area contributed by atoms with Crippen LogP contribution in [0.3, 0.4) is 0 Å². The molecule has 2 atom stereocenters. The summed E-state index contributed by atoms with van der Waals surface area (Å²) in [5, 5.41) is 0. The van der Waals surface area contributed by atoms with Gasteiger partial charge in [-0.15, -0.1) is 0 Å². The van der Waals surface area contributed by atoms with Crippen molar-refractivity contribution in [2.24, 2.45) is 11.8 Å². The van der Waals surface area contributed by atoms with Gasteiger partial charge in [-0.3, -0.25) is 0 Å². The van der Waals surface area contributed by atoms with Crippen LogP contribution in [0, 0.1) is 11.8 Å². The van der Waals surface area contributed by atoms with Crippen molar-refractivity contribution in [3.8, 4) is 0 Å². The number of nitrogen functional groups attached to an aromatic ring is 1. The number of nitrogens with two attached hydrogens (primary N) is 1. The first kappa shape index (κ1) is 10.8. The van der Waals surface area contributed by atoms with Crippen LogP contribution in [0.25, 0.3) is 0 Å². The minimum absolute atomic E-state index is 0.491. The highest BCUT2D eigenvalue weighted by Crippen LogP contribution is 2.43. The SMILES string of the molecule is CCOC1C2CC1CN(c1ccc(N)cn1)C2. The van der Waals surface area contributed by atoms with Gasteiger partial charge in [0.15, 0.2) is 0 Å². The molecule has 3 fully saturated rings. The van der Waals surface area contributed by atoms with Gasteiger partial charge in [0.05, 0.1) is 18.0 Å². The predicted molar refractivity (Wildman–Crippen MR) is 67.9 cm³/mol. The first-order valence-corrected chi connectivity index (χ1v) is 6.36. The minimum Gasteiger partial charge on any atom is -0.397 e. The van der Waals surface area contributed by atoms with Crippen molar-refractivity contribution < 1.29 is 4.74 Å². The van der Waals surface area contributed by atoms with Crippen LogP contribution in [-0.4, -0.2) is 30.8 Å². The van der Waals surface area contributed by atoms with Crippen molar-refractivity contribution in [3.63, 3.8) is 0 Å². The predicted octanol–water partition coefficient (Wildman–Crippen LogP) is 1.52. The molecule has 3 heterocycles. The van der Waals surface area contributed by atoms with E-state index in [0.717, 1.165) is 31.2 Å². The molecule has 1 saturated carbocycles. The quantitative estimate of drug-likeness (QED) is 0.860. The number of nitrogens with zero attached hydrogens (tertiary/aromatic N) is 2. The van der Waals surface area contributed by atoms with E-state index in [1.165, 1.54) is 6.42 Å². The van der Waals surface area contributed by atoms with Gasteiger partial charge in [-0.1, -0.05) is 0 Å². The number of pyridine rings is 1. The first-order valence-electron chi connectivity index (χ1n) is 6.36. The van der Waals surface area contributed by atoms with E-state index in [0.29, 0.717) is 17.9 Å². The van der Waals surface area contributed by atoms with Crippen molar-refractivity contribution in [2.45, 2.75) is 19.4 Å². The largest absolute Gasteiger partial charge is 0.397 e. The summed E-state index contributed by atoms with van der Waals surface area (Å²) >= 11 is 0. The Morgan fingerprint density at radius 2 is 2.18 bits per heavy atom. The van der Waals surface area contributed by atoms with Crippen LogP contribution in [-0.2, 0) is 4.74 Å². The molecule has 2 aliphatic heterocycles. The van der Waals surface area contributed by atoms with Gasteiger partial charge in [-0.25, -0.2) is 4.98 Å². The third-order valence-electron chi connectivity index (χ3n) is 3.90. The molecule has 0 radical (unpaired) electrons. The van der Waals surface area contributed by atoms with Crippen molar-refractivity contribution in [3.05, 3.63) is 18.3 Å². The fourth-order valence-electron chi connectivity index (χ4n) is 3.08. The third kappa shape index (κ3) is 1.86. The van der Waals surface area contributed by atoms with Gasteiger partial charge < -0.3 is 15.4 Å². The summed E-state index contributed by atoms with van der Waals surface area (Å²) in [4.78, 5) is 6.74. The molecule has 2 N–H and O–H groups in total. The van der Waals surface area contributed by atoms with Crippen molar-refractivity contribution in [2.75, 3.05) is 30.3 Å². The summed E-state index contributed by atoms with van der Waals surface area (Å²) < 4.78 is 5.78. The fraction of sp³-hybridized carbons (Fsp3) is 0.615. The van der Waals surface area contributed by atoms with Crippen molar-refractivity contribution >= 4 is 11.5 Å². The molecule has 4 nitrogen and oxygen atoms in total. The minimum atomic E-state index is 0.491. The van der Waals surface area contributed by atoms with E-state index >= 15 is 0 Å². The molecule has 2 bridgehead atoms. The summed E-state index contributed by atoms with van der Waals surface area (Å²) in [7, 11) is 0. The van der Waals surface area contributed by atoms with E-state index in [1.54, 1.807) is 6.20 Å². The highest BCUT2D eigenvalue weighted by Gasteiger charge is 2.47. The zero-order valence-corrected chi connectivity index (χ0v) is 10.2. The lowest BCUT2D eigenvalue weighted by atomic mass is 9.68. The normalized spacial score (nSPS) is 31.1. The lowest BCUT2D eigenvalue weighted by Crippen LogP contribution is -2.59. The van der Waals surface area contributed by atoms with E-state index in [9.17, 15) is 0 Å². The molecule has 0 amide bonds. The lowest BCUT2D eigenvalue weighted by molar-refractivity contribution is -0.0997. The number of ether oxygens (including phenoxy) is 1. The van der Waals surface area contributed by atoms with E-state index < -0.39 is 0 Å². The Hall–Kier alpha value is -1.29. The Morgan fingerprint density at radius 1 is 1.41 bits per heavy atom. The molecular formula is C13H19N3O. The molecule has 0 spiro atoms. The summed E-state index contributed by atoms with van der Waals surface area (Å²) in [6.45, 7) is 5.04. The molecule has 17 heavy (non-hydrogen) atoms. The maximum atomic E-state index is 5.78. The molecule has 1 aromatic heterocycles. The van der Waals surface area contributed by atoms with Gasteiger partial charge >= 0.3 is 0 Å². The first-order chi connectivity index (χ1) is 8.28. The second-order valence-corrected chi connectivity index (χ2v) is 5.03. The highest BCUT2D eigenvalue weighted by atomic mass is 16.5. The van der Waals surface area contributed by atoms with Crippen LogP contribution < -0.4 is 10.6 Å². The number of hydrogen-bond donors (Lipinski definition) is 1. The van der Waals surface area contributed by atoms with Crippen molar-refractivity contribution in [1.29, 1.82) is 0 Å². The molecule has 4 rings (SSSR count). The second-order valence-electron chi connectivity index (χ2n) is 5.03. The van der Waals surface area contributed by atoms with Crippen LogP contribution in [0.4, 0.5) is 11.5 Å². The van der Waals surface area contributed by atoms with E-state index in [1.807, 2.05) is 12.1 Å². The van der Waals surface area contributed by atoms with E-state index in [4.69, 9.17) is 10.5 Å². The molecule has 92 valence electrons. The van der Waals surface area contributed by atoms with Crippen LogP contribution in [0.15, 0.2) is 18.3 Å². The lowest BCUT2D eigenvalue weighted by Gasteiger charge is -2.53. The molecule has 2 unspecified atom stereocenters. The molecule has 3 aliphatic rings. The number of piperidine rings is 2. The Balaban J connectivity index is 1.67. The number of hydrogen-bond acceptors (Lipinski definition) is 4. The summed E-state index contributed by atoms with van der Waals surface area (Å²) in [6.07, 6.45) is 3.54. The number of fused-ring (bicyclic) bond motifs is 2. The smallest absolute Gasteiger partial charge is 0.128 e. The second kappa shape index (κ2) is 4.18. The number of anilines is 2. The van der Waals surface area contributed by atoms with Gasteiger partial charge in [-0.2, -0.15) is 0 Å². The molecule has 4 heteroatoms. The molecule has 0 aromatic carbocycles. The van der Waals surface area contributed by atoms with Crippen molar-refractivity contribution in [1.82, 2.24) is 4.98 Å². The number of aromatic nitrogens is 1. The van der Waals surface area contributed by atoms with Crippen LogP contribution in [0.2, 0.25) is 0 Å². The molecular weight excluding hydrogens is 214 g/mol. The highest BCUT2D eigenvalue weighted by molar-refractivity contribution is 5.46. The number of rotatable bonds is 3. The molecule has 1 aromatic rings. The summed E-state index contributed by atoms with van der Waals surface area (Å²) in [6, 6.07) is 3.93. The van der Waals surface area contributed by atoms with Gasteiger partial charge in [0.2, 0.25) is 0 Å². The Bertz CT molecular complexity index is 380. The van der Waals surface area contributed by atoms with Crippen LogP contribution in [0.5, 0.6) is 0 Å². The van der Waals surface area contributed by atoms with Gasteiger partial charge in [-0.05, 0) is 25.5 Å². The Morgan fingerprint density at radius 3 is 2.76 bits per heavy atom. The Kier molecular flexibility index (Phi) is 2.67. The fourth-order valence-corrected chi connectivity index (χ4v) is 3.08. The Labute approximate surface area is 102 Å². The topological polar surface area (TPSA) is 51.4 Å². The maximum Gasteiger partial charge on any atom is 0.128 e. The molecule has 1 aliphatic carbocycles. The summed E-state index contributed by atoms with van der Waals surface area (Å²) in [5.41, 5.74) is 6.38. The van der Waals surface area contributed by atoms with E-state index in [2.05, 4.69) is 16.8 Å². The van der Waals surface area contributed by atoms with Crippen LogP contribution >= 0.6 is 0 Å². The van der Waals surface area contributed by atoms with Crippen LogP contribution in [0.1, 0.15) is 13.3 Å². The average Bonchev–Trinajstić information content (AvgIpc) is 2.37. The maximum absolute atomic E-state index is 5.78. The van der Waals surface area contributed by atoms with Gasteiger partial charge in [0.25, 0.3) is 0 Å². The monoisotopic (exact) mass is 233 g/mol. The standard InChI is InChI=1S/C13H19N3O/c1-2-17-13-9-5-10(13)8-16(7-9)12-4-3-11(14)6-15-12/h3-4,6,9-10,13H,2,5,7-8,14H2,1H3. The van der Waals surface area contributed by atoms with E-state index in [-0.39, 0.29) is 0 Å². The zero-order chi connectivity index (χ0) is 11.8. The van der Waals surface area contributed by atoms with Gasteiger partial charge in [0.1, 0.15) is 5.82 Å². The zero-order valence-electron chi connectivity index (χ0n) is 10.2. The van der Waals surface area contributed by atoms with Gasteiger partial charge in [0, 0.05) is 31.5 Å². The summed E-state index contributed by atoms with van der Waals surface area (Å²) in [5.74, 6) is 2.42.